The fraction of sp³-hybridized carbons (Fsp3) is 0.462. The smallest absolute Gasteiger partial charge is 0.190 e. The number of benzene rings is 2. The minimum Gasteiger partial charge on any atom is -0.488 e. The third kappa shape index (κ3) is 5.46. The molecular formula is C26H32F2O. The average Bonchev–Trinajstić information content (AvgIpc) is 2.75. The van der Waals surface area contributed by atoms with Gasteiger partial charge in [0.1, 0.15) is 0 Å². The van der Waals surface area contributed by atoms with E-state index in [4.69, 9.17) is 4.74 Å². The van der Waals surface area contributed by atoms with Crippen LogP contribution in [0.3, 0.4) is 0 Å². The number of allylic oxidation sites excluding steroid dienone is 2. The highest BCUT2D eigenvalue weighted by atomic mass is 19.1. The fourth-order valence-electron chi connectivity index (χ4n) is 4.08. The Labute approximate surface area is 173 Å². The van der Waals surface area contributed by atoms with Crippen molar-refractivity contribution in [1.29, 1.82) is 0 Å². The van der Waals surface area contributed by atoms with Crippen molar-refractivity contribution in [2.75, 3.05) is 6.61 Å². The summed E-state index contributed by atoms with van der Waals surface area (Å²) in [6.07, 6.45) is 10.8. The van der Waals surface area contributed by atoms with Crippen LogP contribution >= 0.6 is 0 Å². The van der Waals surface area contributed by atoms with E-state index in [1.165, 1.54) is 49.8 Å². The summed E-state index contributed by atoms with van der Waals surface area (Å²) in [6, 6.07) is 10.9. The monoisotopic (exact) mass is 398 g/mol. The molecule has 3 heteroatoms. The van der Waals surface area contributed by atoms with Crippen LogP contribution in [-0.4, -0.2) is 6.61 Å². The molecule has 29 heavy (non-hydrogen) atoms. The van der Waals surface area contributed by atoms with E-state index < -0.39 is 11.6 Å². The van der Waals surface area contributed by atoms with Crippen molar-refractivity contribution in [3.8, 4) is 16.9 Å². The molecule has 1 unspecified atom stereocenters. The highest BCUT2D eigenvalue weighted by molar-refractivity contribution is 5.65. The fourth-order valence-corrected chi connectivity index (χ4v) is 4.08. The van der Waals surface area contributed by atoms with Gasteiger partial charge in [0.25, 0.3) is 0 Å². The second kappa shape index (κ2) is 10.0. The minimum absolute atomic E-state index is 0.234. The van der Waals surface area contributed by atoms with Crippen LogP contribution in [0.4, 0.5) is 8.78 Å². The lowest BCUT2D eigenvalue weighted by Gasteiger charge is -2.27. The standard InChI is InChI=1S/C26H32F2O/c1-4-18(3)6-7-19-8-10-20(11-9-19)21-12-14-22(15-13-21)23-16-24(27)26(29-5-2)25(28)17-23/h6-7,12-20H,4-5,8-11H2,1-3H3. The molecule has 2 aromatic carbocycles. The molecule has 1 aliphatic carbocycles. The van der Waals surface area contributed by atoms with E-state index in [-0.39, 0.29) is 12.4 Å². The number of ether oxygens (including phenoxy) is 1. The topological polar surface area (TPSA) is 9.23 Å². The number of hydrogen-bond acceptors (Lipinski definition) is 1. The second-order valence-corrected chi connectivity index (χ2v) is 8.21. The van der Waals surface area contributed by atoms with E-state index in [2.05, 4.69) is 38.1 Å². The van der Waals surface area contributed by atoms with E-state index in [0.717, 1.165) is 5.56 Å². The molecular weight excluding hydrogens is 366 g/mol. The molecule has 0 spiro atoms. The summed E-state index contributed by atoms with van der Waals surface area (Å²) in [4.78, 5) is 0. The van der Waals surface area contributed by atoms with E-state index >= 15 is 0 Å². The molecule has 0 bridgehead atoms. The quantitative estimate of drug-likeness (QED) is 0.431. The van der Waals surface area contributed by atoms with E-state index in [1.807, 2.05) is 12.1 Å². The summed E-state index contributed by atoms with van der Waals surface area (Å²) in [5.74, 6) is 0.328. The molecule has 0 aromatic heterocycles. The number of rotatable bonds is 7. The van der Waals surface area contributed by atoms with Crippen molar-refractivity contribution >= 4 is 0 Å². The maximum atomic E-state index is 14.2. The van der Waals surface area contributed by atoms with Crippen molar-refractivity contribution < 1.29 is 13.5 Å². The Morgan fingerprint density at radius 2 is 1.59 bits per heavy atom. The van der Waals surface area contributed by atoms with E-state index in [9.17, 15) is 8.78 Å². The summed E-state index contributed by atoms with van der Waals surface area (Å²) in [6.45, 7) is 6.44. The molecule has 1 fully saturated rings. The predicted octanol–water partition coefficient (Wildman–Crippen LogP) is 7.91. The zero-order valence-corrected chi connectivity index (χ0v) is 17.8. The largest absolute Gasteiger partial charge is 0.488 e. The van der Waals surface area contributed by atoms with Gasteiger partial charge >= 0.3 is 0 Å². The minimum atomic E-state index is -0.658. The van der Waals surface area contributed by atoms with Gasteiger partial charge in [0, 0.05) is 0 Å². The molecule has 1 atom stereocenters. The Bertz CT molecular complexity index is 794. The van der Waals surface area contributed by atoms with Crippen LogP contribution in [0.1, 0.15) is 64.4 Å². The Morgan fingerprint density at radius 1 is 0.966 bits per heavy atom. The first-order chi connectivity index (χ1) is 14.0. The van der Waals surface area contributed by atoms with Crippen LogP contribution < -0.4 is 4.74 Å². The average molecular weight is 399 g/mol. The van der Waals surface area contributed by atoms with Crippen LogP contribution in [0.2, 0.25) is 0 Å². The van der Waals surface area contributed by atoms with Gasteiger partial charge in [-0.3, -0.25) is 0 Å². The van der Waals surface area contributed by atoms with Gasteiger partial charge in [-0.1, -0.05) is 56.7 Å². The second-order valence-electron chi connectivity index (χ2n) is 8.21. The maximum absolute atomic E-state index is 14.2. The molecule has 0 heterocycles. The zero-order chi connectivity index (χ0) is 20.8. The molecule has 2 aromatic rings. The van der Waals surface area contributed by atoms with E-state index in [0.29, 0.717) is 23.3 Å². The van der Waals surface area contributed by atoms with Gasteiger partial charge in [-0.15, -0.1) is 0 Å². The molecule has 1 nitrogen and oxygen atoms in total. The van der Waals surface area contributed by atoms with Crippen LogP contribution in [0.15, 0.2) is 48.6 Å². The Kier molecular flexibility index (Phi) is 7.46. The Balaban J connectivity index is 1.65. The van der Waals surface area contributed by atoms with Gasteiger partial charge < -0.3 is 4.74 Å². The normalized spacial score (nSPS) is 20.7. The molecule has 156 valence electrons. The van der Waals surface area contributed by atoms with Crippen LogP contribution in [0, 0.1) is 23.5 Å². The maximum Gasteiger partial charge on any atom is 0.190 e. The summed E-state index contributed by atoms with van der Waals surface area (Å²) < 4.78 is 33.4. The summed E-state index contributed by atoms with van der Waals surface area (Å²) in [5.41, 5.74) is 2.68. The van der Waals surface area contributed by atoms with Gasteiger partial charge in [-0.05, 0) is 79.2 Å². The summed E-state index contributed by atoms with van der Waals surface area (Å²) in [5, 5.41) is 0. The third-order valence-corrected chi connectivity index (χ3v) is 6.13. The van der Waals surface area contributed by atoms with Crippen LogP contribution in [0.25, 0.3) is 11.1 Å². The van der Waals surface area contributed by atoms with Gasteiger partial charge in [0.15, 0.2) is 17.4 Å². The van der Waals surface area contributed by atoms with Gasteiger partial charge in [0.05, 0.1) is 6.61 Å². The summed E-state index contributed by atoms with van der Waals surface area (Å²) >= 11 is 0. The van der Waals surface area contributed by atoms with Gasteiger partial charge in [0.2, 0.25) is 0 Å². The van der Waals surface area contributed by atoms with Crippen LogP contribution in [-0.2, 0) is 0 Å². The van der Waals surface area contributed by atoms with E-state index in [1.54, 1.807) is 6.92 Å². The first kappa shape index (κ1) is 21.5. The lowest BCUT2D eigenvalue weighted by Crippen LogP contribution is -2.12. The highest BCUT2D eigenvalue weighted by Gasteiger charge is 2.21. The molecule has 1 aliphatic rings. The van der Waals surface area contributed by atoms with Crippen molar-refractivity contribution in [2.24, 2.45) is 11.8 Å². The highest BCUT2D eigenvalue weighted by Crippen LogP contribution is 2.37. The number of halogens is 2. The Morgan fingerprint density at radius 3 is 2.14 bits per heavy atom. The SMILES string of the molecule is CCOc1c(F)cc(-c2ccc(C3CCC(C=CC(C)CC)CC3)cc2)cc1F. The molecule has 3 rings (SSSR count). The van der Waals surface area contributed by atoms with Crippen molar-refractivity contribution in [3.63, 3.8) is 0 Å². The van der Waals surface area contributed by atoms with Crippen molar-refractivity contribution in [1.82, 2.24) is 0 Å². The zero-order valence-electron chi connectivity index (χ0n) is 17.8. The number of hydrogen-bond donors (Lipinski definition) is 0. The molecule has 0 radical (unpaired) electrons. The molecule has 0 aliphatic heterocycles. The van der Waals surface area contributed by atoms with Gasteiger partial charge in [-0.25, -0.2) is 8.78 Å². The lowest BCUT2D eigenvalue weighted by atomic mass is 9.78. The van der Waals surface area contributed by atoms with Crippen LogP contribution in [0.5, 0.6) is 5.75 Å². The van der Waals surface area contributed by atoms with Gasteiger partial charge in [-0.2, -0.15) is 0 Å². The first-order valence-corrected chi connectivity index (χ1v) is 10.9. The molecule has 0 amide bonds. The molecule has 1 saturated carbocycles. The lowest BCUT2D eigenvalue weighted by molar-refractivity contribution is 0.303. The van der Waals surface area contributed by atoms with Crippen molar-refractivity contribution in [2.45, 2.75) is 58.8 Å². The molecule has 0 saturated heterocycles. The Hall–Kier alpha value is -2.16. The first-order valence-electron chi connectivity index (χ1n) is 10.9. The third-order valence-electron chi connectivity index (χ3n) is 6.13. The predicted molar refractivity (Wildman–Crippen MR) is 116 cm³/mol. The molecule has 0 N–H and O–H groups in total. The summed E-state index contributed by atoms with van der Waals surface area (Å²) in [7, 11) is 0. The van der Waals surface area contributed by atoms with Crippen molar-refractivity contribution in [3.05, 3.63) is 65.7 Å².